The first-order valence-corrected chi connectivity index (χ1v) is 8.23. The lowest BCUT2D eigenvalue weighted by molar-refractivity contribution is 0.0965. The Morgan fingerprint density at radius 2 is 1.69 bits per heavy atom. The van der Waals surface area contributed by atoms with Crippen molar-refractivity contribution >= 4 is 11.4 Å². The van der Waals surface area contributed by atoms with Gasteiger partial charge in [-0.2, -0.15) is 5.10 Å². The number of nitrogens with zero attached hydrogens (tertiary/aromatic N) is 2. The predicted molar refractivity (Wildman–Crippen MR) is 99.4 cm³/mol. The molecule has 4 rings (SSSR count). The van der Waals surface area contributed by atoms with Gasteiger partial charge in [-0.05, 0) is 47.5 Å². The molecule has 1 amide bonds. The van der Waals surface area contributed by atoms with Gasteiger partial charge in [-0.3, -0.25) is 4.79 Å². The molecule has 2 heterocycles. The maximum Gasteiger partial charge on any atom is 0.255 e. The van der Waals surface area contributed by atoms with Crippen LogP contribution in [0.5, 0.6) is 0 Å². The van der Waals surface area contributed by atoms with E-state index in [0.717, 1.165) is 11.1 Å². The summed E-state index contributed by atoms with van der Waals surface area (Å²) in [6, 6.07) is 19.8. The molecule has 0 aliphatic rings. The number of halogens is 1. The summed E-state index contributed by atoms with van der Waals surface area (Å²) in [5, 5.41) is 7.22. The second-order valence-corrected chi connectivity index (χ2v) is 5.92. The number of hydrogen-bond donors (Lipinski definition) is 1. The molecule has 0 saturated heterocycles. The van der Waals surface area contributed by atoms with Crippen LogP contribution >= 0.6 is 0 Å². The fraction of sp³-hybridized carbons (Fsp3) is 0.0476. The largest absolute Gasteiger partial charge is 0.355 e. The number of benzene rings is 2. The monoisotopic (exact) mass is 345 g/mol. The number of rotatable bonds is 3. The number of amides is 1. The molecule has 0 radical (unpaired) electrons. The van der Waals surface area contributed by atoms with Crippen LogP contribution in [0.25, 0.3) is 27.9 Å². The molecular weight excluding hydrogens is 329 g/mol. The number of hydrogen-bond acceptors (Lipinski definition) is 2. The molecule has 0 bridgehead atoms. The molecule has 4 nitrogen and oxygen atoms in total. The standard InChI is InChI=1S/C21H16FN3O/c1-23-21(26)19-18-13-16(14-5-3-2-4-6-14)11-12-25(18)24-20(19)15-7-9-17(22)10-8-15/h2-13H,1H3,(H,23,26). The summed E-state index contributed by atoms with van der Waals surface area (Å²) >= 11 is 0. The number of aromatic nitrogens is 2. The lowest BCUT2D eigenvalue weighted by atomic mass is 10.0. The second kappa shape index (κ2) is 6.44. The zero-order valence-electron chi connectivity index (χ0n) is 14.1. The first kappa shape index (κ1) is 16.0. The average molecular weight is 345 g/mol. The second-order valence-electron chi connectivity index (χ2n) is 5.92. The smallest absolute Gasteiger partial charge is 0.255 e. The van der Waals surface area contributed by atoms with Crippen molar-refractivity contribution in [3.8, 4) is 22.4 Å². The van der Waals surface area contributed by atoms with E-state index in [9.17, 15) is 9.18 Å². The van der Waals surface area contributed by atoms with Gasteiger partial charge in [0, 0.05) is 18.8 Å². The van der Waals surface area contributed by atoms with Crippen LogP contribution in [0.4, 0.5) is 4.39 Å². The van der Waals surface area contributed by atoms with Gasteiger partial charge in [0.2, 0.25) is 0 Å². The Balaban J connectivity index is 1.95. The third kappa shape index (κ3) is 2.73. The van der Waals surface area contributed by atoms with Crippen LogP contribution < -0.4 is 5.32 Å². The SMILES string of the molecule is CNC(=O)c1c(-c2ccc(F)cc2)nn2ccc(-c3ccccc3)cc12. The van der Waals surface area contributed by atoms with E-state index in [-0.39, 0.29) is 11.7 Å². The molecule has 1 N–H and O–H groups in total. The van der Waals surface area contributed by atoms with Crippen molar-refractivity contribution in [1.29, 1.82) is 0 Å². The summed E-state index contributed by atoms with van der Waals surface area (Å²) < 4.78 is 14.9. The van der Waals surface area contributed by atoms with E-state index in [4.69, 9.17) is 0 Å². The van der Waals surface area contributed by atoms with E-state index < -0.39 is 0 Å². The molecule has 0 fully saturated rings. The minimum Gasteiger partial charge on any atom is -0.355 e. The first-order chi connectivity index (χ1) is 12.7. The van der Waals surface area contributed by atoms with E-state index in [1.165, 1.54) is 12.1 Å². The maximum atomic E-state index is 13.3. The molecule has 0 spiro atoms. The van der Waals surface area contributed by atoms with Crippen molar-refractivity contribution in [2.45, 2.75) is 0 Å². The number of pyridine rings is 1. The predicted octanol–water partition coefficient (Wildman–Crippen LogP) is 4.17. The highest BCUT2D eigenvalue weighted by molar-refractivity contribution is 6.06. The molecule has 2 aromatic carbocycles. The molecule has 2 aromatic heterocycles. The Kier molecular flexibility index (Phi) is 3.97. The van der Waals surface area contributed by atoms with Gasteiger partial charge in [0.25, 0.3) is 5.91 Å². The Bertz CT molecular complexity index is 1090. The summed E-state index contributed by atoms with van der Waals surface area (Å²) in [4.78, 5) is 12.6. The van der Waals surface area contributed by atoms with Crippen LogP contribution in [-0.4, -0.2) is 22.6 Å². The van der Waals surface area contributed by atoms with Crippen LogP contribution in [0, 0.1) is 5.82 Å². The van der Waals surface area contributed by atoms with Crippen LogP contribution in [0.3, 0.4) is 0 Å². The van der Waals surface area contributed by atoms with Gasteiger partial charge in [0.1, 0.15) is 11.5 Å². The van der Waals surface area contributed by atoms with Gasteiger partial charge >= 0.3 is 0 Å². The molecule has 0 atom stereocenters. The lowest BCUT2D eigenvalue weighted by Gasteiger charge is -2.04. The van der Waals surface area contributed by atoms with Crippen LogP contribution in [0.1, 0.15) is 10.4 Å². The minimum atomic E-state index is -0.328. The summed E-state index contributed by atoms with van der Waals surface area (Å²) in [6.07, 6.45) is 1.83. The van der Waals surface area contributed by atoms with Crippen LogP contribution in [0.2, 0.25) is 0 Å². The normalized spacial score (nSPS) is 10.8. The summed E-state index contributed by atoms with van der Waals surface area (Å²) in [7, 11) is 1.58. The van der Waals surface area contributed by atoms with E-state index in [1.54, 1.807) is 23.7 Å². The van der Waals surface area contributed by atoms with Crippen molar-refractivity contribution in [3.05, 3.63) is 84.3 Å². The maximum absolute atomic E-state index is 13.3. The molecular formula is C21H16FN3O. The molecule has 0 aliphatic carbocycles. The molecule has 26 heavy (non-hydrogen) atoms. The Morgan fingerprint density at radius 1 is 0.962 bits per heavy atom. The third-order valence-electron chi connectivity index (χ3n) is 4.31. The highest BCUT2D eigenvalue weighted by atomic mass is 19.1. The molecule has 0 unspecified atom stereocenters. The van der Waals surface area contributed by atoms with Gasteiger partial charge in [0.05, 0.1) is 11.1 Å². The topological polar surface area (TPSA) is 46.4 Å². The van der Waals surface area contributed by atoms with E-state index in [1.807, 2.05) is 48.7 Å². The summed E-state index contributed by atoms with van der Waals surface area (Å²) in [6.45, 7) is 0. The van der Waals surface area contributed by atoms with Gasteiger partial charge in [0.15, 0.2) is 0 Å². The number of nitrogens with one attached hydrogen (secondary N) is 1. The quantitative estimate of drug-likeness (QED) is 0.606. The zero-order valence-corrected chi connectivity index (χ0v) is 14.1. The van der Waals surface area contributed by atoms with Gasteiger partial charge in [-0.25, -0.2) is 8.91 Å². The molecule has 0 saturated carbocycles. The van der Waals surface area contributed by atoms with Crippen molar-refractivity contribution in [1.82, 2.24) is 14.9 Å². The van der Waals surface area contributed by atoms with E-state index >= 15 is 0 Å². The molecule has 0 aliphatic heterocycles. The van der Waals surface area contributed by atoms with Gasteiger partial charge in [-0.1, -0.05) is 30.3 Å². The fourth-order valence-electron chi connectivity index (χ4n) is 3.01. The highest BCUT2D eigenvalue weighted by Gasteiger charge is 2.20. The molecule has 4 aromatic rings. The van der Waals surface area contributed by atoms with Crippen molar-refractivity contribution in [2.24, 2.45) is 0 Å². The fourth-order valence-corrected chi connectivity index (χ4v) is 3.01. The molecule has 128 valence electrons. The van der Waals surface area contributed by atoms with Gasteiger partial charge < -0.3 is 5.32 Å². The van der Waals surface area contributed by atoms with E-state index in [0.29, 0.717) is 22.3 Å². The number of carbonyl (C=O) groups excluding carboxylic acids is 1. The van der Waals surface area contributed by atoms with Crippen molar-refractivity contribution in [3.63, 3.8) is 0 Å². The average Bonchev–Trinajstić information content (AvgIpc) is 3.07. The van der Waals surface area contributed by atoms with Crippen LogP contribution in [0.15, 0.2) is 72.9 Å². The van der Waals surface area contributed by atoms with Gasteiger partial charge in [-0.15, -0.1) is 0 Å². The minimum absolute atomic E-state index is 0.232. The Hall–Kier alpha value is -3.47. The lowest BCUT2D eigenvalue weighted by Crippen LogP contribution is -2.18. The number of carbonyl (C=O) groups is 1. The summed E-state index contributed by atoms with van der Waals surface area (Å²) in [5.41, 5.74) is 4.43. The highest BCUT2D eigenvalue weighted by Crippen LogP contribution is 2.29. The Labute approximate surface area is 149 Å². The summed E-state index contributed by atoms with van der Waals surface area (Å²) in [5.74, 6) is -0.560. The zero-order chi connectivity index (χ0) is 18.1. The molecule has 5 heteroatoms. The van der Waals surface area contributed by atoms with Crippen LogP contribution in [-0.2, 0) is 0 Å². The third-order valence-corrected chi connectivity index (χ3v) is 4.31. The van der Waals surface area contributed by atoms with E-state index in [2.05, 4.69) is 10.4 Å². The first-order valence-electron chi connectivity index (χ1n) is 8.23. The Morgan fingerprint density at radius 3 is 2.38 bits per heavy atom. The van der Waals surface area contributed by atoms with Crippen molar-refractivity contribution in [2.75, 3.05) is 7.05 Å². The van der Waals surface area contributed by atoms with Crippen molar-refractivity contribution < 1.29 is 9.18 Å². The number of fused-ring (bicyclic) bond motifs is 1.